The number of amides is 1. The van der Waals surface area contributed by atoms with Crippen molar-refractivity contribution in [2.24, 2.45) is 0 Å². The summed E-state index contributed by atoms with van der Waals surface area (Å²) in [4.78, 5) is 13.0. The van der Waals surface area contributed by atoms with E-state index in [1.165, 1.54) is 38.5 Å². The van der Waals surface area contributed by atoms with Gasteiger partial charge in [-0.3, -0.25) is 4.79 Å². The molecule has 1 unspecified atom stereocenters. The molecule has 1 amide bonds. The molecule has 0 aromatic heterocycles. The molecule has 5 nitrogen and oxygen atoms in total. The molecule has 0 aliphatic heterocycles. The minimum atomic E-state index is -4.59. The van der Waals surface area contributed by atoms with Gasteiger partial charge in [-0.2, -0.15) is 13.2 Å². The average molecular weight is 480 g/mol. The highest BCUT2D eigenvalue weighted by atomic mass is 35.5. The second-order valence-corrected chi connectivity index (χ2v) is 7.40. The summed E-state index contributed by atoms with van der Waals surface area (Å²) in [7, 11) is 3.02. The van der Waals surface area contributed by atoms with Gasteiger partial charge in [0.05, 0.1) is 14.2 Å². The van der Waals surface area contributed by atoms with Crippen LogP contribution in [0.2, 0.25) is 5.02 Å². The maximum absolute atomic E-state index is 13.0. The van der Waals surface area contributed by atoms with Crippen molar-refractivity contribution < 1.29 is 32.2 Å². The molecule has 0 aliphatic rings. The number of benzene rings is 3. The van der Waals surface area contributed by atoms with Crippen molar-refractivity contribution in [3.8, 4) is 22.6 Å². The van der Waals surface area contributed by atoms with Crippen molar-refractivity contribution >= 4 is 23.2 Å². The van der Waals surface area contributed by atoms with Crippen LogP contribution in [0.25, 0.3) is 11.1 Å². The summed E-state index contributed by atoms with van der Waals surface area (Å²) >= 11 is 5.87. The zero-order chi connectivity index (χ0) is 24.0. The Labute approximate surface area is 194 Å². The Morgan fingerprint density at radius 1 is 0.970 bits per heavy atom. The lowest BCUT2D eigenvalue weighted by Crippen LogP contribution is -2.28. The Bertz CT molecular complexity index is 1100. The molecule has 33 heavy (non-hydrogen) atoms. The Morgan fingerprint density at radius 3 is 2.27 bits per heavy atom. The van der Waals surface area contributed by atoms with E-state index in [-0.39, 0.29) is 5.56 Å². The zero-order valence-electron chi connectivity index (χ0n) is 17.8. The molecule has 1 atom stereocenters. The molecular weight excluding hydrogens is 459 g/mol. The first-order chi connectivity index (χ1) is 15.7. The van der Waals surface area contributed by atoms with Gasteiger partial charge in [-0.15, -0.1) is 0 Å². The van der Waals surface area contributed by atoms with Gasteiger partial charge in [0.25, 0.3) is 5.91 Å². The van der Waals surface area contributed by atoms with Crippen molar-refractivity contribution in [2.75, 3.05) is 26.1 Å². The summed E-state index contributed by atoms with van der Waals surface area (Å²) in [6.45, 7) is -1.58. The van der Waals surface area contributed by atoms with Crippen LogP contribution in [0, 0.1) is 0 Å². The normalized spacial score (nSPS) is 12.2. The van der Waals surface area contributed by atoms with E-state index in [9.17, 15) is 18.0 Å². The third kappa shape index (κ3) is 6.40. The van der Waals surface area contributed by atoms with Crippen LogP contribution in [0.1, 0.15) is 11.7 Å². The van der Waals surface area contributed by atoms with Gasteiger partial charge in [0.15, 0.2) is 17.6 Å². The van der Waals surface area contributed by atoms with E-state index in [1.807, 2.05) is 0 Å². The summed E-state index contributed by atoms with van der Waals surface area (Å²) in [6, 6.07) is 18.0. The Morgan fingerprint density at radius 2 is 1.64 bits per heavy atom. The number of para-hydroxylation sites is 1. The molecule has 0 aliphatic carbocycles. The maximum Gasteiger partial charge on any atom is 0.411 e. The van der Waals surface area contributed by atoms with Crippen molar-refractivity contribution in [1.82, 2.24) is 0 Å². The summed E-state index contributed by atoms with van der Waals surface area (Å²) < 4.78 is 54.0. The second kappa shape index (κ2) is 10.6. The number of alkyl halides is 3. The number of anilines is 1. The van der Waals surface area contributed by atoms with Crippen LogP contribution in [0.15, 0.2) is 66.7 Å². The molecule has 0 fully saturated rings. The fourth-order valence-corrected chi connectivity index (χ4v) is 3.31. The number of hydrogen-bond donors (Lipinski definition) is 1. The molecule has 0 bridgehead atoms. The first-order valence-corrected chi connectivity index (χ1v) is 10.2. The van der Waals surface area contributed by atoms with Crippen LogP contribution < -0.4 is 14.8 Å². The first kappa shape index (κ1) is 24.4. The van der Waals surface area contributed by atoms with Crippen molar-refractivity contribution in [3.05, 3.63) is 77.3 Å². The predicted molar refractivity (Wildman–Crippen MR) is 120 cm³/mol. The third-order valence-electron chi connectivity index (χ3n) is 4.70. The number of carbonyl (C=O) groups is 1. The van der Waals surface area contributed by atoms with E-state index in [4.69, 9.17) is 25.8 Å². The minimum absolute atomic E-state index is 0.241. The number of methoxy groups -OCH3 is 2. The molecule has 3 rings (SSSR count). The van der Waals surface area contributed by atoms with Gasteiger partial charge < -0.3 is 19.5 Å². The minimum Gasteiger partial charge on any atom is -0.493 e. The molecule has 0 heterocycles. The van der Waals surface area contributed by atoms with Gasteiger partial charge in [0.1, 0.15) is 6.61 Å². The van der Waals surface area contributed by atoms with Gasteiger partial charge in [-0.25, -0.2) is 0 Å². The summed E-state index contributed by atoms with van der Waals surface area (Å²) in [6.07, 6.45) is -6.09. The molecule has 0 radical (unpaired) electrons. The van der Waals surface area contributed by atoms with E-state index < -0.39 is 24.8 Å². The Hall–Kier alpha value is -3.23. The topological polar surface area (TPSA) is 56.8 Å². The van der Waals surface area contributed by atoms with Crippen LogP contribution in [0.3, 0.4) is 0 Å². The summed E-state index contributed by atoms with van der Waals surface area (Å²) in [5, 5.41) is 3.07. The summed E-state index contributed by atoms with van der Waals surface area (Å²) in [5.74, 6) is 0.268. The lowest BCUT2D eigenvalue weighted by atomic mass is 10.0. The number of halogens is 4. The van der Waals surface area contributed by atoms with E-state index in [1.54, 1.807) is 42.5 Å². The molecule has 0 saturated heterocycles. The van der Waals surface area contributed by atoms with Gasteiger partial charge in [-0.05, 0) is 41.5 Å². The van der Waals surface area contributed by atoms with Crippen LogP contribution in [-0.4, -0.2) is 32.9 Å². The third-order valence-corrected chi connectivity index (χ3v) is 4.96. The maximum atomic E-state index is 13.0. The van der Waals surface area contributed by atoms with Crippen LogP contribution >= 0.6 is 11.6 Å². The second-order valence-electron chi connectivity index (χ2n) is 6.96. The van der Waals surface area contributed by atoms with Gasteiger partial charge in [0, 0.05) is 16.3 Å². The molecule has 3 aromatic carbocycles. The van der Waals surface area contributed by atoms with E-state index in [2.05, 4.69) is 5.32 Å². The monoisotopic (exact) mass is 479 g/mol. The smallest absolute Gasteiger partial charge is 0.411 e. The van der Waals surface area contributed by atoms with Crippen LogP contribution in [-0.2, 0) is 9.53 Å². The highest BCUT2D eigenvalue weighted by Crippen LogP contribution is 2.36. The first-order valence-electron chi connectivity index (χ1n) is 9.78. The van der Waals surface area contributed by atoms with Crippen molar-refractivity contribution in [3.63, 3.8) is 0 Å². The SMILES string of the molecule is COc1ccc(-c2ccccc2NC(=O)C(OCC(F)(F)F)c2ccc(Cl)cc2)cc1OC. The quantitative estimate of drug-likeness (QED) is 0.413. The van der Waals surface area contributed by atoms with Gasteiger partial charge >= 0.3 is 6.18 Å². The van der Waals surface area contributed by atoms with Gasteiger partial charge in [0.2, 0.25) is 0 Å². The fourth-order valence-electron chi connectivity index (χ4n) is 3.18. The molecule has 9 heteroatoms. The Balaban J connectivity index is 1.92. The van der Waals surface area contributed by atoms with Crippen LogP contribution in [0.4, 0.5) is 18.9 Å². The molecular formula is C24H21ClF3NO4. The molecule has 174 valence electrons. The molecule has 3 aromatic rings. The zero-order valence-corrected chi connectivity index (χ0v) is 18.5. The number of ether oxygens (including phenoxy) is 3. The molecule has 0 saturated carbocycles. The van der Waals surface area contributed by atoms with E-state index in [0.717, 1.165) is 0 Å². The van der Waals surface area contributed by atoms with Crippen molar-refractivity contribution in [2.45, 2.75) is 12.3 Å². The van der Waals surface area contributed by atoms with E-state index in [0.29, 0.717) is 33.3 Å². The van der Waals surface area contributed by atoms with Gasteiger partial charge in [-0.1, -0.05) is 48.0 Å². The fraction of sp³-hybridized carbons (Fsp3) is 0.208. The van der Waals surface area contributed by atoms with Crippen LogP contribution in [0.5, 0.6) is 11.5 Å². The number of rotatable bonds is 8. The van der Waals surface area contributed by atoms with Crippen molar-refractivity contribution in [1.29, 1.82) is 0 Å². The summed E-state index contributed by atoms with van der Waals surface area (Å²) in [5.41, 5.74) is 1.98. The lowest BCUT2D eigenvalue weighted by molar-refractivity contribution is -0.187. The lowest BCUT2D eigenvalue weighted by Gasteiger charge is -2.20. The number of carbonyl (C=O) groups excluding carboxylic acids is 1. The average Bonchev–Trinajstić information content (AvgIpc) is 2.79. The number of hydrogen-bond acceptors (Lipinski definition) is 4. The molecule has 1 N–H and O–H groups in total. The largest absolute Gasteiger partial charge is 0.493 e. The predicted octanol–water partition coefficient (Wildman–Crippen LogP) is 6.28. The highest BCUT2D eigenvalue weighted by molar-refractivity contribution is 6.30. The molecule has 0 spiro atoms. The Kier molecular flexibility index (Phi) is 7.84. The van der Waals surface area contributed by atoms with E-state index >= 15 is 0 Å². The highest BCUT2D eigenvalue weighted by Gasteiger charge is 2.32. The number of nitrogens with one attached hydrogen (secondary N) is 1. The standard InChI is InChI=1S/C24H21ClF3NO4/c1-31-20-12-9-16(13-21(20)32-2)18-5-3-4-6-19(18)29-23(30)22(33-14-24(26,27)28)15-7-10-17(25)11-8-15/h3-13,22H,14H2,1-2H3,(H,29,30).